The molecule has 0 unspecified atom stereocenters. The fourth-order valence-corrected chi connectivity index (χ4v) is 2.99. The second-order valence-corrected chi connectivity index (χ2v) is 6.26. The number of fused-ring (bicyclic) bond motifs is 1. The zero-order valence-corrected chi connectivity index (χ0v) is 14.5. The lowest BCUT2D eigenvalue weighted by molar-refractivity contribution is -0.137. The van der Waals surface area contributed by atoms with E-state index in [-0.39, 0.29) is 11.7 Å². The molecule has 6 heteroatoms. The summed E-state index contributed by atoms with van der Waals surface area (Å²) in [6, 6.07) is 18.9. The van der Waals surface area contributed by atoms with Gasteiger partial charge in [-0.3, -0.25) is 4.79 Å². The van der Waals surface area contributed by atoms with Crippen LogP contribution in [0.25, 0.3) is 11.6 Å². The quantitative estimate of drug-likeness (QED) is 0.566. The van der Waals surface area contributed by atoms with E-state index in [1.807, 2.05) is 24.3 Å². The summed E-state index contributed by atoms with van der Waals surface area (Å²) in [7, 11) is 0. The van der Waals surface area contributed by atoms with E-state index >= 15 is 0 Å². The first kappa shape index (κ1) is 17.9. The van der Waals surface area contributed by atoms with Gasteiger partial charge in [-0.1, -0.05) is 36.4 Å². The number of amides is 1. The highest BCUT2D eigenvalue weighted by Crippen LogP contribution is 2.34. The molecule has 0 bridgehead atoms. The third-order valence-electron chi connectivity index (χ3n) is 4.28. The monoisotopic (exact) mass is 381 g/mol. The van der Waals surface area contributed by atoms with Gasteiger partial charge in [0.2, 0.25) is 0 Å². The van der Waals surface area contributed by atoms with E-state index in [9.17, 15) is 18.0 Å². The number of anilines is 1. The molecule has 0 radical (unpaired) electrons. The van der Waals surface area contributed by atoms with Crippen LogP contribution in [-0.4, -0.2) is 5.91 Å². The molecule has 0 saturated carbocycles. The lowest BCUT2D eigenvalue weighted by atomic mass is 10.0. The molecule has 140 valence electrons. The molecular formula is C22H14F3NO2. The van der Waals surface area contributed by atoms with Gasteiger partial charge in [0, 0.05) is 16.8 Å². The van der Waals surface area contributed by atoms with Crippen LogP contribution in [0.3, 0.4) is 0 Å². The maximum absolute atomic E-state index is 12.9. The molecule has 1 aliphatic rings. The topological polar surface area (TPSA) is 38.3 Å². The molecule has 1 heterocycles. The Labute approximate surface area is 159 Å². The van der Waals surface area contributed by atoms with E-state index in [1.165, 1.54) is 12.1 Å². The Kier molecular flexibility index (Phi) is 4.39. The Morgan fingerprint density at radius 1 is 0.857 bits per heavy atom. The highest BCUT2D eigenvalue weighted by atomic mass is 19.4. The van der Waals surface area contributed by atoms with Gasteiger partial charge in [0.05, 0.1) is 5.56 Å². The number of rotatable bonds is 3. The molecule has 1 amide bonds. The number of nitrogens with one attached hydrogen (secondary N) is 1. The minimum absolute atomic E-state index is 0.0867. The predicted molar refractivity (Wildman–Crippen MR) is 101 cm³/mol. The van der Waals surface area contributed by atoms with Crippen molar-refractivity contribution < 1.29 is 22.7 Å². The summed E-state index contributed by atoms with van der Waals surface area (Å²) in [5.41, 5.74) is 1.99. The van der Waals surface area contributed by atoms with Crippen LogP contribution in [0.4, 0.5) is 18.9 Å². The first-order valence-electron chi connectivity index (χ1n) is 8.48. The highest BCUT2D eigenvalue weighted by molar-refractivity contribution is 6.34. The van der Waals surface area contributed by atoms with Gasteiger partial charge in [-0.15, -0.1) is 0 Å². The number of ether oxygens (including phenoxy) is 1. The number of para-hydroxylation sites is 1. The van der Waals surface area contributed by atoms with E-state index in [2.05, 4.69) is 5.32 Å². The van der Waals surface area contributed by atoms with E-state index < -0.39 is 11.7 Å². The van der Waals surface area contributed by atoms with Crippen LogP contribution >= 0.6 is 0 Å². The van der Waals surface area contributed by atoms with Crippen molar-refractivity contribution in [2.75, 3.05) is 5.32 Å². The van der Waals surface area contributed by atoms with E-state index in [4.69, 9.17) is 4.74 Å². The van der Waals surface area contributed by atoms with Crippen molar-refractivity contribution in [1.29, 1.82) is 0 Å². The molecule has 1 N–H and O–H groups in total. The number of alkyl halides is 3. The Morgan fingerprint density at radius 2 is 1.57 bits per heavy atom. The van der Waals surface area contributed by atoms with Crippen LogP contribution in [0, 0.1) is 0 Å². The van der Waals surface area contributed by atoms with Crippen molar-refractivity contribution >= 4 is 23.2 Å². The Balaban J connectivity index is 1.62. The molecule has 0 aromatic heterocycles. The summed E-state index contributed by atoms with van der Waals surface area (Å²) in [4.78, 5) is 12.2. The van der Waals surface area contributed by atoms with Crippen LogP contribution in [0.5, 0.6) is 11.5 Å². The largest absolute Gasteiger partial charge is 0.457 e. The molecule has 4 rings (SSSR count). The van der Waals surface area contributed by atoms with Crippen molar-refractivity contribution in [3.05, 3.63) is 89.5 Å². The van der Waals surface area contributed by atoms with Crippen molar-refractivity contribution in [3.63, 3.8) is 0 Å². The molecule has 0 atom stereocenters. The molecule has 0 fully saturated rings. The minimum Gasteiger partial charge on any atom is -0.457 e. The number of halogens is 3. The number of hydrogen-bond donors (Lipinski definition) is 1. The zero-order valence-electron chi connectivity index (χ0n) is 14.5. The lowest BCUT2D eigenvalue weighted by Crippen LogP contribution is -2.04. The molecule has 0 saturated heterocycles. The maximum Gasteiger partial charge on any atom is 0.416 e. The van der Waals surface area contributed by atoms with Crippen LogP contribution in [-0.2, 0) is 11.0 Å². The van der Waals surface area contributed by atoms with Crippen molar-refractivity contribution in [1.82, 2.24) is 0 Å². The molecular weight excluding hydrogens is 367 g/mol. The fourth-order valence-electron chi connectivity index (χ4n) is 2.99. The molecule has 3 aromatic carbocycles. The van der Waals surface area contributed by atoms with Gasteiger partial charge < -0.3 is 10.1 Å². The zero-order chi connectivity index (χ0) is 19.7. The number of carbonyl (C=O) groups is 1. The van der Waals surface area contributed by atoms with Gasteiger partial charge in [-0.25, -0.2) is 0 Å². The average Bonchev–Trinajstić information content (AvgIpc) is 2.97. The normalized spacial score (nSPS) is 14.7. The van der Waals surface area contributed by atoms with Gasteiger partial charge in [0.1, 0.15) is 11.5 Å². The van der Waals surface area contributed by atoms with Crippen molar-refractivity contribution in [2.24, 2.45) is 0 Å². The molecule has 0 aliphatic carbocycles. The van der Waals surface area contributed by atoms with Crippen molar-refractivity contribution in [3.8, 4) is 11.5 Å². The fraction of sp³-hybridized carbons (Fsp3) is 0.0455. The third kappa shape index (κ3) is 3.62. The van der Waals surface area contributed by atoms with Crippen LogP contribution in [0.2, 0.25) is 0 Å². The maximum atomic E-state index is 12.9. The van der Waals surface area contributed by atoms with E-state index in [0.29, 0.717) is 16.9 Å². The molecule has 0 spiro atoms. The summed E-state index contributed by atoms with van der Waals surface area (Å²) in [5.74, 6) is 0.259. The summed E-state index contributed by atoms with van der Waals surface area (Å²) in [6.45, 7) is 0. The highest BCUT2D eigenvalue weighted by Gasteiger charge is 2.30. The van der Waals surface area contributed by atoms with Gasteiger partial charge in [-0.05, 0) is 48.0 Å². The second kappa shape index (κ2) is 6.88. The van der Waals surface area contributed by atoms with Gasteiger partial charge in [-0.2, -0.15) is 13.2 Å². The Morgan fingerprint density at radius 3 is 2.36 bits per heavy atom. The van der Waals surface area contributed by atoms with Gasteiger partial charge in [0.15, 0.2) is 0 Å². The van der Waals surface area contributed by atoms with Crippen LogP contribution in [0.15, 0.2) is 72.8 Å². The lowest BCUT2D eigenvalue weighted by Gasteiger charge is -2.10. The van der Waals surface area contributed by atoms with Gasteiger partial charge >= 0.3 is 6.18 Å². The minimum atomic E-state index is -4.44. The summed E-state index contributed by atoms with van der Waals surface area (Å²) >= 11 is 0. The number of benzene rings is 3. The molecule has 3 nitrogen and oxygen atoms in total. The summed E-state index contributed by atoms with van der Waals surface area (Å²) in [5, 5.41) is 2.80. The van der Waals surface area contributed by atoms with Crippen LogP contribution < -0.4 is 10.1 Å². The Bertz CT molecular complexity index is 1090. The molecule has 28 heavy (non-hydrogen) atoms. The number of hydrogen-bond acceptors (Lipinski definition) is 2. The van der Waals surface area contributed by atoms with Crippen LogP contribution in [0.1, 0.15) is 16.7 Å². The van der Waals surface area contributed by atoms with Crippen molar-refractivity contribution in [2.45, 2.75) is 6.18 Å². The molecule has 3 aromatic rings. The summed E-state index contributed by atoms with van der Waals surface area (Å²) in [6.07, 6.45) is -2.71. The Hall–Kier alpha value is -3.54. The SMILES string of the molecule is O=C1Nc2ccccc2/C1=C/c1cccc(Oc2cccc(C(F)(F)F)c2)c1. The van der Waals surface area contributed by atoms with E-state index in [0.717, 1.165) is 23.4 Å². The first-order valence-corrected chi connectivity index (χ1v) is 8.48. The van der Waals surface area contributed by atoms with E-state index in [1.54, 1.807) is 30.3 Å². The third-order valence-corrected chi connectivity index (χ3v) is 4.28. The second-order valence-electron chi connectivity index (χ2n) is 6.26. The number of carbonyl (C=O) groups excluding carboxylic acids is 1. The molecule has 1 aliphatic heterocycles. The summed E-state index contributed by atoms with van der Waals surface area (Å²) < 4.78 is 44.2. The smallest absolute Gasteiger partial charge is 0.416 e. The average molecular weight is 381 g/mol. The van der Waals surface area contributed by atoms with Gasteiger partial charge in [0.25, 0.3) is 5.91 Å². The predicted octanol–water partition coefficient (Wildman–Crippen LogP) is 5.99. The standard InChI is InChI=1S/C22H14F3NO2/c23-22(24,25)15-6-4-8-17(13-15)28-16-7-3-5-14(11-16)12-19-18-9-1-2-10-20(18)26-21(19)27/h1-13H,(H,26,27)/b19-12-. The first-order chi connectivity index (χ1) is 13.4.